The highest BCUT2D eigenvalue weighted by Crippen LogP contribution is 2.32. The summed E-state index contributed by atoms with van der Waals surface area (Å²) >= 11 is 0. The smallest absolute Gasteiger partial charge is 0.246 e. The van der Waals surface area contributed by atoms with Crippen LogP contribution in [0.25, 0.3) is 6.08 Å². The number of nitrogens with zero attached hydrogens (tertiary/aromatic N) is 1. The minimum absolute atomic E-state index is 0.0519. The fraction of sp³-hybridized carbons (Fsp3) is 0.400. The molecule has 20 heavy (non-hydrogen) atoms. The van der Waals surface area contributed by atoms with Gasteiger partial charge < -0.3 is 19.7 Å². The predicted octanol–water partition coefficient (Wildman–Crippen LogP) is 1.25. The van der Waals surface area contributed by atoms with Gasteiger partial charge in [-0.05, 0) is 30.7 Å². The van der Waals surface area contributed by atoms with E-state index in [0.717, 1.165) is 36.7 Å². The van der Waals surface area contributed by atoms with E-state index in [9.17, 15) is 4.79 Å². The van der Waals surface area contributed by atoms with Gasteiger partial charge in [0, 0.05) is 31.8 Å². The zero-order valence-corrected chi connectivity index (χ0v) is 11.5. The monoisotopic (exact) mass is 274 g/mol. The topological polar surface area (TPSA) is 50.8 Å². The molecule has 2 heterocycles. The summed E-state index contributed by atoms with van der Waals surface area (Å²) in [5.41, 5.74) is 0.936. The number of carbonyl (C=O) groups is 1. The number of amides is 1. The van der Waals surface area contributed by atoms with Crippen molar-refractivity contribution in [2.24, 2.45) is 0 Å². The Hall–Kier alpha value is -2.01. The van der Waals surface area contributed by atoms with Crippen molar-refractivity contribution in [1.82, 2.24) is 10.2 Å². The standard InChI is InChI=1S/C15H18N2O3/c1-11-9-17(7-6-16-11)15(18)5-3-12-2-4-13-14(8-12)20-10-19-13/h2-5,8,11,16H,6-7,9-10H2,1H3. The molecule has 3 rings (SSSR count). The average molecular weight is 274 g/mol. The molecule has 0 aromatic heterocycles. The molecular formula is C15H18N2O3. The fourth-order valence-corrected chi connectivity index (χ4v) is 2.42. The quantitative estimate of drug-likeness (QED) is 0.825. The lowest BCUT2D eigenvalue weighted by Crippen LogP contribution is -2.50. The Morgan fingerprint density at radius 2 is 2.25 bits per heavy atom. The molecule has 0 aliphatic carbocycles. The van der Waals surface area contributed by atoms with E-state index in [1.165, 1.54) is 0 Å². The number of hydrogen-bond acceptors (Lipinski definition) is 4. The summed E-state index contributed by atoms with van der Waals surface area (Å²) in [4.78, 5) is 14.0. The number of rotatable bonds is 2. The molecule has 2 aliphatic heterocycles. The molecule has 2 aliphatic rings. The molecule has 1 unspecified atom stereocenters. The average Bonchev–Trinajstić information content (AvgIpc) is 2.92. The van der Waals surface area contributed by atoms with Crippen LogP contribution in [0.3, 0.4) is 0 Å². The fourth-order valence-electron chi connectivity index (χ4n) is 2.42. The van der Waals surface area contributed by atoms with E-state index >= 15 is 0 Å². The minimum atomic E-state index is 0.0519. The maximum Gasteiger partial charge on any atom is 0.246 e. The van der Waals surface area contributed by atoms with E-state index in [1.807, 2.05) is 29.2 Å². The maximum atomic E-state index is 12.1. The van der Waals surface area contributed by atoms with Crippen LogP contribution in [0, 0.1) is 0 Å². The molecule has 1 aromatic carbocycles. The van der Waals surface area contributed by atoms with Crippen molar-refractivity contribution in [2.45, 2.75) is 13.0 Å². The first-order valence-electron chi connectivity index (χ1n) is 6.82. The van der Waals surface area contributed by atoms with Crippen LogP contribution in [0.2, 0.25) is 0 Å². The predicted molar refractivity (Wildman–Crippen MR) is 75.6 cm³/mol. The largest absolute Gasteiger partial charge is 0.454 e. The second-order valence-corrected chi connectivity index (χ2v) is 5.09. The van der Waals surface area contributed by atoms with E-state index in [2.05, 4.69) is 12.2 Å². The first-order valence-corrected chi connectivity index (χ1v) is 6.82. The highest BCUT2D eigenvalue weighted by atomic mass is 16.7. The van der Waals surface area contributed by atoms with Gasteiger partial charge in [-0.15, -0.1) is 0 Å². The Bertz CT molecular complexity index is 542. The minimum Gasteiger partial charge on any atom is -0.454 e. The van der Waals surface area contributed by atoms with Gasteiger partial charge in [0.1, 0.15) is 0 Å². The molecule has 0 saturated carbocycles. The van der Waals surface area contributed by atoms with E-state index in [-0.39, 0.29) is 12.7 Å². The number of piperazine rings is 1. The highest BCUT2D eigenvalue weighted by Gasteiger charge is 2.18. The van der Waals surface area contributed by atoms with Crippen molar-refractivity contribution < 1.29 is 14.3 Å². The zero-order chi connectivity index (χ0) is 13.9. The zero-order valence-electron chi connectivity index (χ0n) is 11.5. The number of nitrogens with one attached hydrogen (secondary N) is 1. The van der Waals surface area contributed by atoms with Gasteiger partial charge in [0.2, 0.25) is 12.7 Å². The van der Waals surface area contributed by atoms with Crippen LogP contribution in [0.4, 0.5) is 0 Å². The van der Waals surface area contributed by atoms with Crippen LogP contribution in [-0.2, 0) is 4.79 Å². The lowest BCUT2D eigenvalue weighted by molar-refractivity contribution is -0.127. The number of fused-ring (bicyclic) bond motifs is 1. The first kappa shape index (κ1) is 13.0. The molecule has 1 saturated heterocycles. The maximum absolute atomic E-state index is 12.1. The SMILES string of the molecule is CC1CN(C(=O)C=Cc2ccc3c(c2)OCO3)CCN1. The van der Waals surface area contributed by atoms with Gasteiger partial charge in [0.05, 0.1) is 0 Å². The number of carbonyl (C=O) groups excluding carboxylic acids is 1. The summed E-state index contributed by atoms with van der Waals surface area (Å²) < 4.78 is 10.6. The van der Waals surface area contributed by atoms with Crippen molar-refractivity contribution in [2.75, 3.05) is 26.4 Å². The van der Waals surface area contributed by atoms with Crippen LogP contribution in [0.1, 0.15) is 12.5 Å². The summed E-state index contributed by atoms with van der Waals surface area (Å²) in [5.74, 6) is 1.54. The molecule has 5 heteroatoms. The van der Waals surface area contributed by atoms with Crippen LogP contribution in [-0.4, -0.2) is 43.3 Å². The summed E-state index contributed by atoms with van der Waals surface area (Å²) in [5, 5.41) is 3.32. The molecular weight excluding hydrogens is 256 g/mol. The van der Waals surface area contributed by atoms with Gasteiger partial charge in [0.25, 0.3) is 0 Å². The molecule has 1 amide bonds. The van der Waals surface area contributed by atoms with Crippen molar-refractivity contribution in [3.63, 3.8) is 0 Å². The molecule has 1 aromatic rings. The van der Waals surface area contributed by atoms with Gasteiger partial charge in [0.15, 0.2) is 11.5 Å². The van der Waals surface area contributed by atoms with Crippen LogP contribution < -0.4 is 14.8 Å². The molecule has 0 spiro atoms. The van der Waals surface area contributed by atoms with Crippen molar-refractivity contribution >= 4 is 12.0 Å². The van der Waals surface area contributed by atoms with Crippen LogP contribution in [0.5, 0.6) is 11.5 Å². The lowest BCUT2D eigenvalue weighted by atomic mass is 10.1. The third kappa shape index (κ3) is 2.77. The van der Waals surface area contributed by atoms with Crippen LogP contribution in [0.15, 0.2) is 24.3 Å². The van der Waals surface area contributed by atoms with Crippen LogP contribution >= 0.6 is 0 Å². The number of benzene rings is 1. The second kappa shape index (κ2) is 5.54. The second-order valence-electron chi connectivity index (χ2n) is 5.09. The van der Waals surface area contributed by atoms with E-state index in [1.54, 1.807) is 6.08 Å². The lowest BCUT2D eigenvalue weighted by Gasteiger charge is -2.31. The highest BCUT2D eigenvalue weighted by molar-refractivity contribution is 5.92. The van der Waals surface area contributed by atoms with Gasteiger partial charge >= 0.3 is 0 Å². The van der Waals surface area contributed by atoms with Gasteiger partial charge in [-0.3, -0.25) is 4.79 Å². The normalized spacial score (nSPS) is 21.4. The first-order chi connectivity index (χ1) is 9.72. The van der Waals surface area contributed by atoms with Crippen molar-refractivity contribution in [3.8, 4) is 11.5 Å². The van der Waals surface area contributed by atoms with Crippen molar-refractivity contribution in [3.05, 3.63) is 29.8 Å². The summed E-state index contributed by atoms with van der Waals surface area (Å²) in [7, 11) is 0. The number of ether oxygens (including phenoxy) is 2. The Balaban J connectivity index is 1.66. The van der Waals surface area contributed by atoms with Crippen molar-refractivity contribution in [1.29, 1.82) is 0 Å². The molecule has 1 atom stereocenters. The Kier molecular flexibility index (Phi) is 3.60. The van der Waals surface area contributed by atoms with E-state index < -0.39 is 0 Å². The van der Waals surface area contributed by atoms with E-state index in [0.29, 0.717) is 6.04 Å². The Morgan fingerprint density at radius 3 is 3.10 bits per heavy atom. The Morgan fingerprint density at radius 1 is 1.40 bits per heavy atom. The van der Waals surface area contributed by atoms with Gasteiger partial charge in [-0.25, -0.2) is 0 Å². The Labute approximate surface area is 118 Å². The summed E-state index contributed by atoms with van der Waals surface area (Å²) in [6, 6.07) is 6.01. The number of hydrogen-bond donors (Lipinski definition) is 1. The third-order valence-electron chi connectivity index (χ3n) is 3.50. The molecule has 0 bridgehead atoms. The summed E-state index contributed by atoms with van der Waals surface area (Å²) in [6.45, 7) is 4.71. The molecule has 1 fully saturated rings. The molecule has 0 radical (unpaired) electrons. The van der Waals surface area contributed by atoms with Gasteiger partial charge in [-0.1, -0.05) is 6.07 Å². The van der Waals surface area contributed by atoms with E-state index in [4.69, 9.17) is 9.47 Å². The molecule has 1 N–H and O–H groups in total. The van der Waals surface area contributed by atoms with Gasteiger partial charge in [-0.2, -0.15) is 0 Å². The third-order valence-corrected chi connectivity index (χ3v) is 3.50. The summed E-state index contributed by atoms with van der Waals surface area (Å²) in [6.07, 6.45) is 3.44. The molecule has 106 valence electrons. The molecule has 5 nitrogen and oxygen atoms in total.